The van der Waals surface area contributed by atoms with Crippen molar-refractivity contribution in [3.05, 3.63) is 0 Å². The third kappa shape index (κ3) is 4.61. The first-order valence-electron chi connectivity index (χ1n) is 1.15. The Labute approximate surface area is 39.9 Å². The van der Waals surface area contributed by atoms with E-state index in [1.807, 2.05) is 0 Å². The number of nitriles is 2. The molecule has 36 valence electrons. The predicted molar refractivity (Wildman–Crippen MR) is 19.8 cm³/mol. The summed E-state index contributed by atoms with van der Waals surface area (Å²) in [5.41, 5.74) is 0. The average Bonchev–Trinajstić information content (AvgIpc) is 1.65. The summed E-state index contributed by atoms with van der Waals surface area (Å²) in [6, 6.07) is 2.23. The minimum atomic E-state index is -1.05. The number of rotatable bonds is 0. The third-order valence-corrected chi connectivity index (χ3v) is 0.203. The molecule has 0 saturated heterocycles. The molecule has 0 spiro atoms. The van der Waals surface area contributed by atoms with Gasteiger partial charge in [0.25, 0.3) is 0 Å². The largest absolute Gasteiger partial charge is 0.412 e. The van der Waals surface area contributed by atoms with E-state index in [9.17, 15) is 4.79 Å². The Hall–Kier alpha value is -1.39. The predicted octanol–water partition coefficient (Wildman–Crippen LogP) is -1.22. The number of ketones is 1. The quantitative estimate of drug-likeness (QED) is 0.355. The van der Waals surface area contributed by atoms with E-state index in [-0.39, 0.29) is 5.48 Å². The van der Waals surface area contributed by atoms with Gasteiger partial charge in [-0.3, -0.25) is 4.79 Å². The van der Waals surface area contributed by atoms with Gasteiger partial charge in [0.2, 0.25) is 0 Å². The van der Waals surface area contributed by atoms with Gasteiger partial charge in [0, 0.05) is 0 Å². The molecule has 0 aliphatic rings. The number of hydrogen-bond acceptors (Lipinski definition) is 3. The molecule has 4 heteroatoms. The molecule has 0 bridgehead atoms. The van der Waals surface area contributed by atoms with Crippen LogP contribution in [0.2, 0.25) is 0 Å². The Balaban J connectivity index is 0. The van der Waals surface area contributed by atoms with Gasteiger partial charge < -0.3 is 5.48 Å². The molecule has 0 fully saturated rings. The lowest BCUT2D eigenvalue weighted by Crippen LogP contribution is -1.81. The van der Waals surface area contributed by atoms with Crippen LogP contribution in [-0.2, 0) is 4.79 Å². The standard InChI is InChI=1S/C3N2O.H2O/c4-1-3(6)2-5;/h;1H2. The first-order chi connectivity index (χ1) is 2.81. The lowest BCUT2D eigenvalue weighted by molar-refractivity contribution is -0.109. The van der Waals surface area contributed by atoms with Crippen LogP contribution in [0.1, 0.15) is 0 Å². The maximum atomic E-state index is 9.46. The molecule has 0 aromatic rings. The maximum absolute atomic E-state index is 9.46. The molecule has 0 aromatic heterocycles. The van der Waals surface area contributed by atoms with Crippen LogP contribution in [0.15, 0.2) is 0 Å². The molecule has 0 amide bonds. The van der Waals surface area contributed by atoms with Crippen molar-refractivity contribution in [3.63, 3.8) is 0 Å². The van der Waals surface area contributed by atoms with E-state index in [0.717, 1.165) is 12.1 Å². The van der Waals surface area contributed by atoms with E-state index < -0.39 is 5.78 Å². The lowest BCUT2D eigenvalue weighted by Gasteiger charge is -1.50. The van der Waals surface area contributed by atoms with Crippen molar-refractivity contribution in [1.82, 2.24) is 0 Å². The molecule has 0 heterocycles. The van der Waals surface area contributed by atoms with Gasteiger partial charge in [0.05, 0.1) is 0 Å². The normalized spacial score (nSPS) is 4.29. The molecule has 0 atom stereocenters. The van der Waals surface area contributed by atoms with E-state index in [2.05, 4.69) is 0 Å². The zero-order valence-corrected chi connectivity index (χ0v) is 3.30. The van der Waals surface area contributed by atoms with Crippen molar-refractivity contribution >= 4 is 5.78 Å². The van der Waals surface area contributed by atoms with E-state index in [4.69, 9.17) is 10.5 Å². The van der Waals surface area contributed by atoms with Crippen LogP contribution in [0.25, 0.3) is 0 Å². The Morgan fingerprint density at radius 2 is 1.57 bits per heavy atom. The highest BCUT2D eigenvalue weighted by molar-refractivity contribution is 6.05. The van der Waals surface area contributed by atoms with Crippen LogP contribution < -0.4 is 0 Å². The second-order valence-electron chi connectivity index (χ2n) is 0.553. The highest BCUT2D eigenvalue weighted by Gasteiger charge is 1.86. The van der Waals surface area contributed by atoms with E-state index in [1.54, 1.807) is 0 Å². The number of carbonyl (C=O) groups is 1. The van der Waals surface area contributed by atoms with Crippen LogP contribution in [0.5, 0.6) is 0 Å². The molecule has 0 saturated carbocycles. The van der Waals surface area contributed by atoms with Crippen LogP contribution in [-0.4, -0.2) is 11.3 Å². The van der Waals surface area contributed by atoms with Crippen molar-refractivity contribution in [2.45, 2.75) is 0 Å². The number of nitrogens with zero attached hydrogens (tertiary/aromatic N) is 2. The van der Waals surface area contributed by atoms with Crippen LogP contribution in [0, 0.1) is 22.7 Å². The van der Waals surface area contributed by atoms with Gasteiger partial charge >= 0.3 is 5.78 Å². The molecule has 0 aliphatic carbocycles. The zero-order valence-electron chi connectivity index (χ0n) is 3.30. The Morgan fingerprint density at radius 1 is 1.29 bits per heavy atom. The topological polar surface area (TPSA) is 96.2 Å². The molecule has 0 rings (SSSR count). The smallest absolute Gasteiger partial charge is 0.331 e. The molecule has 0 unspecified atom stereocenters. The molecule has 0 aliphatic heterocycles. The molecule has 2 N–H and O–H groups in total. The van der Waals surface area contributed by atoms with Crippen molar-refractivity contribution in [3.8, 4) is 12.1 Å². The SMILES string of the molecule is N#CC(=O)C#N.O. The summed E-state index contributed by atoms with van der Waals surface area (Å²) in [5.74, 6) is -1.05. The highest BCUT2D eigenvalue weighted by Crippen LogP contribution is 1.54. The molecular weight excluding hydrogens is 96.0 g/mol. The summed E-state index contributed by atoms with van der Waals surface area (Å²) in [7, 11) is 0. The Kier molecular flexibility index (Phi) is 6.02. The summed E-state index contributed by atoms with van der Waals surface area (Å²) in [6.07, 6.45) is 0. The Bertz CT molecular complexity index is 122. The molecule has 0 aromatic carbocycles. The second-order valence-corrected chi connectivity index (χ2v) is 0.553. The van der Waals surface area contributed by atoms with Crippen LogP contribution >= 0.6 is 0 Å². The summed E-state index contributed by atoms with van der Waals surface area (Å²) >= 11 is 0. The molecule has 4 nitrogen and oxygen atoms in total. The first kappa shape index (κ1) is 9.15. The number of hydrogen-bond donors (Lipinski definition) is 0. The van der Waals surface area contributed by atoms with Crippen LogP contribution in [0.3, 0.4) is 0 Å². The van der Waals surface area contributed by atoms with Crippen LogP contribution in [0.4, 0.5) is 0 Å². The second kappa shape index (κ2) is 4.61. The van der Waals surface area contributed by atoms with Gasteiger partial charge in [-0.1, -0.05) is 0 Å². The minimum absolute atomic E-state index is 0. The highest BCUT2D eigenvalue weighted by atomic mass is 16.1. The summed E-state index contributed by atoms with van der Waals surface area (Å²) in [4.78, 5) is 9.46. The Morgan fingerprint density at radius 3 is 1.57 bits per heavy atom. The van der Waals surface area contributed by atoms with Gasteiger partial charge in [0.15, 0.2) is 12.1 Å². The molecular formula is C3H2N2O2. The summed E-state index contributed by atoms with van der Waals surface area (Å²) in [6.45, 7) is 0. The zero-order chi connectivity index (χ0) is 4.99. The van der Waals surface area contributed by atoms with Crippen molar-refractivity contribution in [2.75, 3.05) is 0 Å². The fraction of sp³-hybridized carbons (Fsp3) is 0. The lowest BCUT2D eigenvalue weighted by atomic mass is 10.5. The van der Waals surface area contributed by atoms with E-state index in [0.29, 0.717) is 0 Å². The summed E-state index contributed by atoms with van der Waals surface area (Å²) < 4.78 is 0. The average molecular weight is 98.1 g/mol. The monoisotopic (exact) mass is 98.0 g/mol. The van der Waals surface area contributed by atoms with E-state index >= 15 is 0 Å². The number of Topliss-reactive ketones (excluding diaryl/α,β-unsaturated/α-hetero) is 1. The maximum Gasteiger partial charge on any atom is 0.331 e. The van der Waals surface area contributed by atoms with Gasteiger partial charge in [0.1, 0.15) is 0 Å². The first-order valence-corrected chi connectivity index (χ1v) is 1.15. The van der Waals surface area contributed by atoms with Crippen molar-refractivity contribution in [1.29, 1.82) is 10.5 Å². The van der Waals surface area contributed by atoms with Crippen molar-refractivity contribution < 1.29 is 10.3 Å². The number of carbonyl (C=O) groups excluding carboxylic acids is 1. The summed E-state index contributed by atoms with van der Waals surface area (Å²) in [5, 5.41) is 15.0. The fourth-order valence-corrected chi connectivity index (χ4v) is 0.0250. The molecule has 0 radical (unpaired) electrons. The van der Waals surface area contributed by atoms with Crippen molar-refractivity contribution in [2.24, 2.45) is 0 Å². The fourth-order valence-electron chi connectivity index (χ4n) is 0.0250. The van der Waals surface area contributed by atoms with Gasteiger partial charge in [-0.15, -0.1) is 0 Å². The third-order valence-electron chi connectivity index (χ3n) is 0.203. The minimum Gasteiger partial charge on any atom is -0.412 e. The van der Waals surface area contributed by atoms with Gasteiger partial charge in [-0.05, 0) is 0 Å². The molecule has 7 heavy (non-hydrogen) atoms. The van der Waals surface area contributed by atoms with E-state index in [1.165, 1.54) is 0 Å². The van der Waals surface area contributed by atoms with Gasteiger partial charge in [-0.25, -0.2) is 0 Å². The van der Waals surface area contributed by atoms with Gasteiger partial charge in [-0.2, -0.15) is 10.5 Å².